The fourth-order valence-electron chi connectivity index (χ4n) is 4.82. The molecule has 2 amide bonds. The second kappa shape index (κ2) is 15.2. The molecule has 1 N–H and O–H groups in total. The summed E-state index contributed by atoms with van der Waals surface area (Å²) in [5.41, 5.74) is 3.04. The predicted octanol–water partition coefficient (Wildman–Crippen LogP) is 5.37. The van der Waals surface area contributed by atoms with Crippen LogP contribution in [0.4, 0.5) is 5.69 Å². The number of amides is 2. The summed E-state index contributed by atoms with van der Waals surface area (Å²) in [5.74, 6) is -0.365. The van der Waals surface area contributed by atoms with Crippen molar-refractivity contribution in [3.8, 4) is 5.75 Å². The van der Waals surface area contributed by atoms with Crippen molar-refractivity contribution >= 4 is 27.5 Å². The Balaban J connectivity index is 1.79. The first-order valence-corrected chi connectivity index (χ1v) is 16.1. The van der Waals surface area contributed by atoms with Crippen LogP contribution in [-0.2, 0) is 32.6 Å². The van der Waals surface area contributed by atoms with E-state index in [0.29, 0.717) is 12.3 Å². The van der Waals surface area contributed by atoms with E-state index in [0.717, 1.165) is 27.4 Å². The maximum absolute atomic E-state index is 14.4. The Morgan fingerprint density at radius 1 is 0.841 bits per heavy atom. The van der Waals surface area contributed by atoms with Crippen molar-refractivity contribution in [3.63, 3.8) is 0 Å². The van der Waals surface area contributed by atoms with Crippen LogP contribution in [0.2, 0.25) is 0 Å². The molecular formula is C35H39N3O5S. The molecule has 4 aromatic rings. The number of carbonyl (C=O) groups excluding carboxylic acids is 2. The monoisotopic (exact) mass is 613 g/mol. The Kier molecular flexibility index (Phi) is 11.2. The number of aryl methyl sites for hydroxylation is 1. The van der Waals surface area contributed by atoms with Crippen LogP contribution >= 0.6 is 0 Å². The Hall–Kier alpha value is -4.63. The summed E-state index contributed by atoms with van der Waals surface area (Å²) in [6.07, 6.45) is 0.993. The van der Waals surface area contributed by atoms with Gasteiger partial charge in [0.15, 0.2) is 0 Å². The zero-order valence-electron chi connectivity index (χ0n) is 25.3. The average molecular weight is 614 g/mol. The SMILES string of the molecule is CCCNC(=O)[C@H](Cc1ccccc1)N(Cc1ccc(C)cc1)C(=O)CN(c1cccc(OC)c1)S(=O)(=O)c1ccccc1. The first kappa shape index (κ1) is 32.3. The minimum atomic E-state index is -4.18. The summed E-state index contributed by atoms with van der Waals surface area (Å²) in [6.45, 7) is 3.98. The molecule has 0 aliphatic rings. The summed E-state index contributed by atoms with van der Waals surface area (Å²) in [6, 6.07) is 30.9. The van der Waals surface area contributed by atoms with E-state index < -0.39 is 28.5 Å². The van der Waals surface area contributed by atoms with Crippen molar-refractivity contribution in [3.05, 3.63) is 126 Å². The smallest absolute Gasteiger partial charge is 0.264 e. The van der Waals surface area contributed by atoms with Crippen LogP contribution in [0.25, 0.3) is 0 Å². The fraction of sp³-hybridized carbons (Fsp3) is 0.257. The topological polar surface area (TPSA) is 96.0 Å². The largest absolute Gasteiger partial charge is 0.497 e. The van der Waals surface area contributed by atoms with Crippen LogP contribution < -0.4 is 14.4 Å². The van der Waals surface area contributed by atoms with Gasteiger partial charge in [-0.05, 0) is 48.7 Å². The van der Waals surface area contributed by atoms with Crippen LogP contribution in [0.1, 0.15) is 30.0 Å². The Labute approximate surface area is 260 Å². The van der Waals surface area contributed by atoms with Crippen LogP contribution in [0.5, 0.6) is 5.75 Å². The van der Waals surface area contributed by atoms with Gasteiger partial charge in [-0.15, -0.1) is 0 Å². The van der Waals surface area contributed by atoms with Gasteiger partial charge in [0, 0.05) is 25.6 Å². The van der Waals surface area contributed by atoms with E-state index >= 15 is 0 Å². The molecule has 0 aromatic heterocycles. The van der Waals surface area contributed by atoms with Crippen LogP contribution in [0, 0.1) is 6.92 Å². The van der Waals surface area contributed by atoms with Crippen molar-refractivity contribution < 1.29 is 22.7 Å². The lowest BCUT2D eigenvalue weighted by Crippen LogP contribution is -2.53. The standard InChI is InChI=1S/C35H39N3O5S/c1-4-22-36-35(40)33(23-28-12-7-5-8-13-28)37(25-29-20-18-27(2)19-21-29)34(39)26-38(30-14-11-15-31(24-30)43-3)44(41,42)32-16-9-6-10-17-32/h5-21,24,33H,4,22-23,25-26H2,1-3H3,(H,36,40)/t33-/m0/s1. The van der Waals surface area contributed by atoms with Gasteiger partial charge in [0.25, 0.3) is 10.0 Å². The van der Waals surface area contributed by atoms with E-state index in [-0.39, 0.29) is 29.5 Å². The maximum atomic E-state index is 14.4. The lowest BCUT2D eigenvalue weighted by molar-refractivity contribution is -0.140. The molecule has 0 radical (unpaired) electrons. The Morgan fingerprint density at radius 2 is 1.50 bits per heavy atom. The molecule has 0 heterocycles. The van der Waals surface area contributed by atoms with Crippen LogP contribution in [0.3, 0.4) is 0 Å². The van der Waals surface area contributed by atoms with Crippen molar-refractivity contribution in [2.75, 3.05) is 24.5 Å². The number of benzene rings is 4. The normalized spacial score (nSPS) is 11.8. The number of sulfonamides is 1. The molecule has 9 heteroatoms. The van der Waals surface area contributed by atoms with E-state index in [1.165, 1.54) is 24.1 Å². The summed E-state index contributed by atoms with van der Waals surface area (Å²) < 4.78 is 34.6. The zero-order chi connectivity index (χ0) is 31.5. The highest BCUT2D eigenvalue weighted by molar-refractivity contribution is 7.92. The molecule has 44 heavy (non-hydrogen) atoms. The van der Waals surface area contributed by atoms with Crippen molar-refractivity contribution in [2.24, 2.45) is 0 Å². The highest BCUT2D eigenvalue weighted by Crippen LogP contribution is 2.28. The number of anilines is 1. The highest BCUT2D eigenvalue weighted by Gasteiger charge is 2.34. The first-order valence-electron chi connectivity index (χ1n) is 14.6. The van der Waals surface area contributed by atoms with Gasteiger partial charge in [0.2, 0.25) is 11.8 Å². The van der Waals surface area contributed by atoms with Crippen molar-refractivity contribution in [2.45, 2.75) is 44.2 Å². The lowest BCUT2D eigenvalue weighted by atomic mass is 10.0. The zero-order valence-corrected chi connectivity index (χ0v) is 26.2. The number of hydrogen-bond donors (Lipinski definition) is 1. The molecule has 0 spiro atoms. The second-order valence-electron chi connectivity index (χ2n) is 10.5. The minimum absolute atomic E-state index is 0.0437. The Bertz CT molecular complexity index is 1630. The van der Waals surface area contributed by atoms with E-state index in [9.17, 15) is 18.0 Å². The van der Waals surface area contributed by atoms with Gasteiger partial charge in [0.05, 0.1) is 17.7 Å². The van der Waals surface area contributed by atoms with Crippen LogP contribution in [0.15, 0.2) is 114 Å². The number of nitrogens with zero attached hydrogens (tertiary/aromatic N) is 2. The molecule has 0 unspecified atom stereocenters. The quantitative estimate of drug-likeness (QED) is 0.207. The lowest BCUT2D eigenvalue weighted by Gasteiger charge is -2.34. The molecule has 230 valence electrons. The highest BCUT2D eigenvalue weighted by atomic mass is 32.2. The van der Waals surface area contributed by atoms with Crippen molar-refractivity contribution in [1.29, 1.82) is 0 Å². The average Bonchev–Trinajstić information content (AvgIpc) is 3.05. The Morgan fingerprint density at radius 3 is 2.14 bits per heavy atom. The summed E-state index contributed by atoms with van der Waals surface area (Å²) >= 11 is 0. The van der Waals surface area contributed by atoms with Gasteiger partial charge in [-0.1, -0.05) is 91.3 Å². The third-order valence-electron chi connectivity index (χ3n) is 7.25. The van der Waals surface area contributed by atoms with Gasteiger partial charge < -0.3 is 15.0 Å². The summed E-state index contributed by atoms with van der Waals surface area (Å²) in [4.78, 5) is 29.7. The van der Waals surface area contributed by atoms with Gasteiger partial charge in [-0.2, -0.15) is 0 Å². The molecule has 4 aromatic carbocycles. The molecular weight excluding hydrogens is 574 g/mol. The minimum Gasteiger partial charge on any atom is -0.497 e. The van der Waals surface area contributed by atoms with Crippen LogP contribution in [-0.4, -0.2) is 51.4 Å². The molecule has 0 saturated carbocycles. The summed E-state index contributed by atoms with van der Waals surface area (Å²) in [5, 5.41) is 2.96. The van der Waals surface area contributed by atoms with E-state index in [4.69, 9.17) is 4.74 Å². The number of nitrogens with one attached hydrogen (secondary N) is 1. The molecule has 1 atom stereocenters. The molecule has 0 aliphatic heterocycles. The fourth-order valence-corrected chi connectivity index (χ4v) is 6.25. The number of hydrogen-bond acceptors (Lipinski definition) is 5. The third kappa shape index (κ3) is 8.26. The number of carbonyl (C=O) groups is 2. The van der Waals surface area contributed by atoms with E-state index in [2.05, 4.69) is 5.32 Å². The molecule has 4 rings (SSSR count). The molecule has 0 bridgehead atoms. The second-order valence-corrected chi connectivity index (χ2v) is 12.4. The summed E-state index contributed by atoms with van der Waals surface area (Å²) in [7, 11) is -2.68. The predicted molar refractivity (Wildman–Crippen MR) is 173 cm³/mol. The molecule has 8 nitrogen and oxygen atoms in total. The van der Waals surface area contributed by atoms with Crippen molar-refractivity contribution in [1.82, 2.24) is 10.2 Å². The van der Waals surface area contributed by atoms with Gasteiger partial charge in [0.1, 0.15) is 18.3 Å². The first-order chi connectivity index (χ1) is 21.2. The van der Waals surface area contributed by atoms with Gasteiger partial charge in [-0.3, -0.25) is 13.9 Å². The number of ether oxygens (including phenoxy) is 1. The van der Waals surface area contributed by atoms with Gasteiger partial charge >= 0.3 is 0 Å². The number of rotatable bonds is 14. The molecule has 0 fully saturated rings. The van der Waals surface area contributed by atoms with Gasteiger partial charge in [-0.25, -0.2) is 8.42 Å². The number of methoxy groups -OCH3 is 1. The maximum Gasteiger partial charge on any atom is 0.264 e. The molecule has 0 aliphatic carbocycles. The van der Waals surface area contributed by atoms with E-state index in [1.54, 1.807) is 42.5 Å². The molecule has 0 saturated heterocycles. The third-order valence-corrected chi connectivity index (χ3v) is 9.03. The van der Waals surface area contributed by atoms with E-state index in [1.807, 2.05) is 68.4 Å².